The number of piperazine rings is 1. The van der Waals surface area contributed by atoms with E-state index in [0.29, 0.717) is 38.3 Å². The summed E-state index contributed by atoms with van der Waals surface area (Å²) in [5, 5.41) is 2.61. The molecule has 8 nitrogen and oxygen atoms in total. The van der Waals surface area contributed by atoms with Crippen LogP contribution in [0.5, 0.6) is 5.75 Å². The maximum absolute atomic E-state index is 13.0. The van der Waals surface area contributed by atoms with Crippen molar-refractivity contribution in [2.24, 2.45) is 0 Å². The van der Waals surface area contributed by atoms with Crippen molar-refractivity contribution < 1.29 is 19.1 Å². The molecule has 0 saturated carbocycles. The Labute approximate surface area is 188 Å². The van der Waals surface area contributed by atoms with Gasteiger partial charge in [-0.25, -0.2) is 0 Å². The summed E-state index contributed by atoms with van der Waals surface area (Å²) in [4.78, 5) is 44.6. The van der Waals surface area contributed by atoms with Gasteiger partial charge in [-0.2, -0.15) is 0 Å². The molecule has 2 heterocycles. The van der Waals surface area contributed by atoms with E-state index in [9.17, 15) is 14.4 Å². The van der Waals surface area contributed by atoms with Crippen LogP contribution < -0.4 is 10.1 Å². The van der Waals surface area contributed by atoms with Crippen molar-refractivity contribution >= 4 is 17.7 Å². The number of carbonyl (C=O) groups is 3. The molecule has 1 saturated heterocycles. The summed E-state index contributed by atoms with van der Waals surface area (Å²) in [5.74, 6) is -0.480. The minimum Gasteiger partial charge on any atom is -0.488 e. The van der Waals surface area contributed by atoms with E-state index in [-0.39, 0.29) is 11.9 Å². The number of amides is 3. The second-order valence-electron chi connectivity index (χ2n) is 8.30. The maximum Gasteiger partial charge on any atom is 0.312 e. The largest absolute Gasteiger partial charge is 0.488 e. The number of aryl methyl sites for hydroxylation is 2. The van der Waals surface area contributed by atoms with Gasteiger partial charge in [0.25, 0.3) is 5.91 Å². The van der Waals surface area contributed by atoms with E-state index in [2.05, 4.69) is 10.3 Å². The Morgan fingerprint density at radius 1 is 1.06 bits per heavy atom. The van der Waals surface area contributed by atoms with Crippen molar-refractivity contribution in [2.75, 3.05) is 26.2 Å². The number of ether oxygens (including phenoxy) is 1. The predicted molar refractivity (Wildman–Crippen MR) is 120 cm³/mol. The fourth-order valence-electron chi connectivity index (χ4n) is 3.70. The average Bonchev–Trinajstić information content (AvgIpc) is 2.77. The number of nitrogens with one attached hydrogen (secondary N) is 1. The quantitative estimate of drug-likeness (QED) is 0.722. The monoisotopic (exact) mass is 438 g/mol. The van der Waals surface area contributed by atoms with Gasteiger partial charge in [0.2, 0.25) is 0 Å². The molecule has 1 aromatic heterocycles. The first-order chi connectivity index (χ1) is 15.3. The molecule has 32 heavy (non-hydrogen) atoms. The smallest absolute Gasteiger partial charge is 0.312 e. The van der Waals surface area contributed by atoms with Gasteiger partial charge in [0.15, 0.2) is 0 Å². The third-order valence-electron chi connectivity index (χ3n) is 5.28. The highest BCUT2D eigenvalue weighted by Gasteiger charge is 2.28. The van der Waals surface area contributed by atoms with Gasteiger partial charge in [0, 0.05) is 55.7 Å². The lowest BCUT2D eigenvalue weighted by molar-refractivity contribution is -0.147. The average molecular weight is 439 g/mol. The minimum absolute atomic E-state index is 0.0891. The van der Waals surface area contributed by atoms with Crippen LogP contribution in [0.2, 0.25) is 0 Å². The Kier molecular flexibility index (Phi) is 7.45. The summed E-state index contributed by atoms with van der Waals surface area (Å²) < 4.78 is 5.98. The predicted octanol–water partition coefficient (Wildman–Crippen LogP) is 2.09. The van der Waals surface area contributed by atoms with Crippen LogP contribution in [0.15, 0.2) is 36.7 Å². The first kappa shape index (κ1) is 23.2. The molecule has 0 unspecified atom stereocenters. The summed E-state index contributed by atoms with van der Waals surface area (Å²) in [6, 6.07) is 7.39. The minimum atomic E-state index is -0.604. The zero-order valence-corrected chi connectivity index (χ0v) is 19.1. The molecule has 3 rings (SSSR count). The summed E-state index contributed by atoms with van der Waals surface area (Å²) in [5.41, 5.74) is 3.33. The van der Waals surface area contributed by atoms with E-state index in [4.69, 9.17) is 4.74 Å². The molecule has 8 heteroatoms. The second-order valence-corrected chi connectivity index (χ2v) is 8.30. The Morgan fingerprint density at radius 3 is 2.25 bits per heavy atom. The highest BCUT2D eigenvalue weighted by molar-refractivity contribution is 6.35. The highest BCUT2D eigenvalue weighted by Crippen LogP contribution is 2.26. The Hall–Kier alpha value is -3.42. The molecule has 0 atom stereocenters. The van der Waals surface area contributed by atoms with Crippen molar-refractivity contribution in [2.45, 2.75) is 40.3 Å². The molecular formula is C24H30N4O4. The van der Waals surface area contributed by atoms with Crippen molar-refractivity contribution in [1.29, 1.82) is 0 Å². The Bertz CT molecular complexity index is 960. The van der Waals surface area contributed by atoms with Gasteiger partial charge >= 0.3 is 11.8 Å². The fourth-order valence-corrected chi connectivity index (χ4v) is 3.70. The number of hydrogen-bond donors (Lipinski definition) is 1. The summed E-state index contributed by atoms with van der Waals surface area (Å²) >= 11 is 0. The van der Waals surface area contributed by atoms with Crippen LogP contribution in [0, 0.1) is 13.8 Å². The SMILES string of the molecule is Cc1cc(C(=O)N2CCN(C(=O)C(=O)NC(C)C)CC2)cc(C)c1OCc1cccnc1. The van der Waals surface area contributed by atoms with Crippen LogP contribution in [0.1, 0.15) is 40.9 Å². The van der Waals surface area contributed by atoms with E-state index >= 15 is 0 Å². The van der Waals surface area contributed by atoms with E-state index in [1.165, 1.54) is 4.90 Å². The molecule has 0 bridgehead atoms. The van der Waals surface area contributed by atoms with Gasteiger partial charge in [-0.3, -0.25) is 19.4 Å². The van der Waals surface area contributed by atoms with Crippen LogP contribution >= 0.6 is 0 Å². The third-order valence-corrected chi connectivity index (χ3v) is 5.28. The Morgan fingerprint density at radius 2 is 1.69 bits per heavy atom. The summed E-state index contributed by atoms with van der Waals surface area (Å²) in [6.45, 7) is 9.30. The van der Waals surface area contributed by atoms with Gasteiger partial charge in [0.05, 0.1) is 0 Å². The first-order valence-electron chi connectivity index (χ1n) is 10.8. The number of nitrogens with zero attached hydrogens (tertiary/aromatic N) is 3. The highest BCUT2D eigenvalue weighted by atomic mass is 16.5. The fraction of sp³-hybridized carbons (Fsp3) is 0.417. The number of aromatic nitrogens is 1. The molecule has 0 spiro atoms. The molecule has 1 aliphatic heterocycles. The Balaban J connectivity index is 1.61. The van der Waals surface area contributed by atoms with Gasteiger partial charge in [-0.05, 0) is 57.0 Å². The van der Waals surface area contributed by atoms with Crippen LogP contribution in [0.25, 0.3) is 0 Å². The lowest BCUT2D eigenvalue weighted by Crippen LogP contribution is -2.54. The maximum atomic E-state index is 13.0. The normalized spacial score (nSPS) is 13.8. The molecular weight excluding hydrogens is 408 g/mol. The lowest BCUT2D eigenvalue weighted by atomic mass is 10.0. The lowest BCUT2D eigenvalue weighted by Gasteiger charge is -2.34. The second kappa shape index (κ2) is 10.3. The zero-order chi connectivity index (χ0) is 23.3. The molecule has 0 aliphatic carbocycles. The number of hydrogen-bond acceptors (Lipinski definition) is 5. The van der Waals surface area contributed by atoms with Gasteiger partial charge < -0.3 is 19.9 Å². The van der Waals surface area contributed by atoms with E-state index in [0.717, 1.165) is 22.4 Å². The zero-order valence-electron chi connectivity index (χ0n) is 19.1. The summed E-state index contributed by atoms with van der Waals surface area (Å²) in [6.07, 6.45) is 3.48. The van der Waals surface area contributed by atoms with Crippen molar-refractivity contribution in [3.05, 3.63) is 58.9 Å². The van der Waals surface area contributed by atoms with Crippen LogP contribution in [-0.2, 0) is 16.2 Å². The van der Waals surface area contributed by atoms with E-state index in [1.807, 2.05) is 38.1 Å². The van der Waals surface area contributed by atoms with Crippen LogP contribution in [0.3, 0.4) is 0 Å². The molecule has 170 valence electrons. The molecule has 2 aromatic rings. The number of benzene rings is 1. The number of pyridine rings is 1. The third kappa shape index (κ3) is 5.63. The number of carbonyl (C=O) groups excluding carboxylic acids is 3. The van der Waals surface area contributed by atoms with E-state index in [1.54, 1.807) is 31.1 Å². The van der Waals surface area contributed by atoms with E-state index < -0.39 is 11.8 Å². The van der Waals surface area contributed by atoms with Crippen molar-refractivity contribution in [3.63, 3.8) is 0 Å². The van der Waals surface area contributed by atoms with Crippen molar-refractivity contribution in [1.82, 2.24) is 20.1 Å². The molecule has 1 fully saturated rings. The van der Waals surface area contributed by atoms with Crippen molar-refractivity contribution in [3.8, 4) is 5.75 Å². The molecule has 1 aromatic carbocycles. The molecule has 1 aliphatic rings. The molecule has 0 radical (unpaired) electrons. The van der Waals surface area contributed by atoms with Gasteiger partial charge in [0.1, 0.15) is 12.4 Å². The summed E-state index contributed by atoms with van der Waals surface area (Å²) in [7, 11) is 0. The molecule has 1 N–H and O–H groups in total. The van der Waals surface area contributed by atoms with Gasteiger partial charge in [-0.1, -0.05) is 6.07 Å². The first-order valence-corrected chi connectivity index (χ1v) is 10.8. The topological polar surface area (TPSA) is 91.8 Å². The van der Waals surface area contributed by atoms with Crippen LogP contribution in [0.4, 0.5) is 0 Å². The standard InChI is InChI=1S/C24H30N4O4/c1-16(2)26-22(29)24(31)28-10-8-27(9-11-28)23(30)20-12-17(3)21(18(4)13-20)32-15-19-6-5-7-25-14-19/h5-7,12-14,16H,8-11,15H2,1-4H3,(H,26,29). The molecule has 3 amide bonds. The van der Waals surface area contributed by atoms with Crippen LogP contribution in [-0.4, -0.2) is 64.7 Å². The van der Waals surface area contributed by atoms with Gasteiger partial charge in [-0.15, -0.1) is 0 Å². The number of rotatable bonds is 5.